The molecular weight excluding hydrogens is 366 g/mol. The van der Waals surface area contributed by atoms with E-state index in [9.17, 15) is 4.79 Å². The minimum Gasteiger partial charge on any atom is -0.380 e. The number of fused-ring (bicyclic) bond motifs is 3. The van der Waals surface area contributed by atoms with E-state index < -0.39 is 0 Å². The Morgan fingerprint density at radius 2 is 2.17 bits per heavy atom. The van der Waals surface area contributed by atoms with Gasteiger partial charge in [-0.05, 0) is 49.3 Å². The number of aromatic nitrogens is 3. The van der Waals surface area contributed by atoms with E-state index in [1.165, 1.54) is 10.9 Å². The molecule has 5 rings (SSSR count). The Balaban J connectivity index is 1.50. The van der Waals surface area contributed by atoms with Crippen LogP contribution < -0.4 is 0 Å². The Morgan fingerprint density at radius 1 is 1.24 bits per heavy atom. The molecule has 0 saturated carbocycles. The molecule has 3 atom stereocenters. The van der Waals surface area contributed by atoms with Crippen LogP contribution in [0.4, 0.5) is 0 Å². The lowest BCUT2D eigenvalue weighted by atomic mass is 9.85. The summed E-state index contributed by atoms with van der Waals surface area (Å²) in [5.74, 6) is 0.380. The second-order valence-electron chi connectivity index (χ2n) is 8.20. The quantitative estimate of drug-likeness (QED) is 0.690. The smallest absolute Gasteiger partial charge is 0.210 e. The third-order valence-electron chi connectivity index (χ3n) is 6.68. The van der Waals surface area contributed by atoms with Gasteiger partial charge in [-0.2, -0.15) is 0 Å². The van der Waals surface area contributed by atoms with Crippen LogP contribution >= 0.6 is 0 Å². The first-order valence-electron chi connectivity index (χ1n) is 10.5. The number of nitrogens with zero attached hydrogens (tertiary/aromatic N) is 4. The number of likely N-dealkylation sites (tertiary alicyclic amines) is 2. The summed E-state index contributed by atoms with van der Waals surface area (Å²) in [4.78, 5) is 28.5. The largest absolute Gasteiger partial charge is 0.380 e. The Morgan fingerprint density at radius 3 is 3.03 bits per heavy atom. The third kappa shape index (κ3) is 3.28. The molecule has 0 aromatic carbocycles. The maximum atomic E-state index is 11.8. The maximum Gasteiger partial charge on any atom is 0.210 e. The number of nitrogens with one attached hydrogen (secondary N) is 1. The molecule has 2 saturated heterocycles. The summed E-state index contributed by atoms with van der Waals surface area (Å²) in [6, 6.07) is 4.24. The molecule has 2 aliphatic heterocycles. The average molecular weight is 393 g/mol. The van der Waals surface area contributed by atoms with Gasteiger partial charge in [0, 0.05) is 49.9 Å². The van der Waals surface area contributed by atoms with Gasteiger partial charge in [0.2, 0.25) is 6.41 Å². The molecule has 3 unspecified atom stereocenters. The fraction of sp³-hybridized carbons (Fsp3) is 0.500. The standard InChI is InChI=1S/C22H27N5O2/c1-29-16-3-2-9-26(13-16)20-11-15(6-10-27(20)14-28)17-4-7-23-19-12-25-22-18(21(17)19)5-8-24-22/h4-5,7-8,12,14-16,20H,2-3,6,9-11,13H2,1H3,(H,24,25). The fourth-order valence-corrected chi connectivity index (χ4v) is 5.18. The summed E-state index contributed by atoms with van der Waals surface area (Å²) in [5.41, 5.74) is 3.15. The van der Waals surface area contributed by atoms with Crippen LogP contribution in [-0.4, -0.2) is 70.2 Å². The van der Waals surface area contributed by atoms with Crippen LogP contribution in [0.25, 0.3) is 21.9 Å². The van der Waals surface area contributed by atoms with Gasteiger partial charge < -0.3 is 14.6 Å². The van der Waals surface area contributed by atoms with Crippen LogP contribution in [0.15, 0.2) is 30.7 Å². The number of methoxy groups -OCH3 is 1. The fourth-order valence-electron chi connectivity index (χ4n) is 5.18. The molecule has 0 spiro atoms. The number of piperidine rings is 2. The van der Waals surface area contributed by atoms with E-state index in [-0.39, 0.29) is 12.3 Å². The summed E-state index contributed by atoms with van der Waals surface area (Å²) < 4.78 is 5.62. The van der Waals surface area contributed by atoms with E-state index in [0.717, 1.165) is 68.3 Å². The number of ether oxygens (including phenoxy) is 1. The average Bonchev–Trinajstić information content (AvgIpc) is 3.27. The van der Waals surface area contributed by atoms with Crippen molar-refractivity contribution in [1.82, 2.24) is 24.8 Å². The molecule has 29 heavy (non-hydrogen) atoms. The number of carbonyl (C=O) groups is 1. The van der Waals surface area contributed by atoms with Crippen molar-refractivity contribution in [3.8, 4) is 0 Å². The van der Waals surface area contributed by atoms with E-state index >= 15 is 0 Å². The summed E-state index contributed by atoms with van der Waals surface area (Å²) in [6.45, 7) is 2.68. The Hall–Kier alpha value is -2.51. The van der Waals surface area contributed by atoms with E-state index in [1.54, 1.807) is 7.11 Å². The molecular formula is C22H27N5O2. The molecule has 2 fully saturated rings. The van der Waals surface area contributed by atoms with Crippen molar-refractivity contribution in [2.45, 2.75) is 43.9 Å². The zero-order chi connectivity index (χ0) is 19.8. The van der Waals surface area contributed by atoms with Crippen molar-refractivity contribution in [2.24, 2.45) is 0 Å². The highest BCUT2D eigenvalue weighted by Crippen LogP contribution is 2.38. The molecule has 152 valence electrons. The number of hydrogen-bond acceptors (Lipinski definition) is 5. The van der Waals surface area contributed by atoms with Crippen molar-refractivity contribution in [1.29, 1.82) is 0 Å². The topological polar surface area (TPSA) is 74.3 Å². The molecule has 0 bridgehead atoms. The summed E-state index contributed by atoms with van der Waals surface area (Å²) in [6.07, 6.45) is 11.2. The predicted molar refractivity (Wildman–Crippen MR) is 112 cm³/mol. The molecule has 0 aliphatic carbocycles. The van der Waals surface area contributed by atoms with Crippen LogP contribution in [0, 0.1) is 0 Å². The second kappa shape index (κ2) is 7.72. The number of rotatable bonds is 4. The summed E-state index contributed by atoms with van der Waals surface area (Å²) in [7, 11) is 1.79. The van der Waals surface area contributed by atoms with Crippen molar-refractivity contribution in [2.75, 3.05) is 26.7 Å². The molecule has 7 nitrogen and oxygen atoms in total. The monoisotopic (exact) mass is 393 g/mol. The number of carbonyl (C=O) groups excluding carboxylic acids is 1. The molecule has 3 aromatic rings. The second-order valence-corrected chi connectivity index (χ2v) is 8.20. The van der Waals surface area contributed by atoms with E-state index in [2.05, 4.69) is 32.0 Å². The summed E-state index contributed by atoms with van der Waals surface area (Å²) in [5, 5.41) is 2.31. The lowest BCUT2D eigenvalue weighted by Crippen LogP contribution is -2.55. The number of hydrogen-bond donors (Lipinski definition) is 1. The van der Waals surface area contributed by atoms with Gasteiger partial charge in [0.05, 0.1) is 24.0 Å². The van der Waals surface area contributed by atoms with Crippen LogP contribution in [0.3, 0.4) is 0 Å². The lowest BCUT2D eigenvalue weighted by molar-refractivity contribution is -0.129. The van der Waals surface area contributed by atoms with Gasteiger partial charge in [0.1, 0.15) is 5.65 Å². The lowest BCUT2D eigenvalue weighted by Gasteiger charge is -2.46. The SMILES string of the molecule is COC1CCCN(C2CC(c3ccnc4cnc5[nH]ccc5c34)CCN2C=O)C1. The molecule has 3 aromatic heterocycles. The van der Waals surface area contributed by atoms with Crippen LogP contribution in [0.1, 0.15) is 37.2 Å². The number of amides is 1. The highest BCUT2D eigenvalue weighted by atomic mass is 16.5. The molecule has 5 heterocycles. The van der Waals surface area contributed by atoms with Gasteiger partial charge in [0.25, 0.3) is 0 Å². The van der Waals surface area contributed by atoms with Crippen LogP contribution in [0.2, 0.25) is 0 Å². The minimum atomic E-state index is 0.121. The maximum absolute atomic E-state index is 11.8. The van der Waals surface area contributed by atoms with Crippen molar-refractivity contribution in [3.63, 3.8) is 0 Å². The molecule has 0 radical (unpaired) electrons. The predicted octanol–water partition coefficient (Wildman–Crippen LogP) is 2.88. The van der Waals surface area contributed by atoms with Gasteiger partial charge >= 0.3 is 0 Å². The Kier molecular flexibility index (Phi) is 4.93. The number of aromatic amines is 1. The third-order valence-corrected chi connectivity index (χ3v) is 6.68. The van der Waals surface area contributed by atoms with Crippen molar-refractivity contribution < 1.29 is 9.53 Å². The Labute approximate surface area is 170 Å². The van der Waals surface area contributed by atoms with E-state index in [1.807, 2.05) is 23.5 Å². The first-order chi connectivity index (χ1) is 14.3. The minimum absolute atomic E-state index is 0.121. The Bertz CT molecular complexity index is 1020. The zero-order valence-electron chi connectivity index (χ0n) is 16.8. The highest BCUT2D eigenvalue weighted by molar-refractivity contribution is 6.05. The molecule has 1 N–H and O–H groups in total. The number of H-pyrrole nitrogens is 1. The van der Waals surface area contributed by atoms with E-state index in [4.69, 9.17) is 4.74 Å². The van der Waals surface area contributed by atoms with Gasteiger partial charge in [-0.25, -0.2) is 4.98 Å². The number of pyridine rings is 2. The van der Waals surface area contributed by atoms with E-state index in [0.29, 0.717) is 5.92 Å². The first kappa shape index (κ1) is 18.5. The molecule has 7 heteroatoms. The van der Waals surface area contributed by atoms with Crippen LogP contribution in [-0.2, 0) is 9.53 Å². The molecule has 2 aliphatic rings. The zero-order valence-corrected chi connectivity index (χ0v) is 16.8. The van der Waals surface area contributed by atoms with Gasteiger partial charge in [-0.1, -0.05) is 0 Å². The van der Waals surface area contributed by atoms with Gasteiger partial charge in [-0.3, -0.25) is 14.7 Å². The van der Waals surface area contributed by atoms with Crippen molar-refractivity contribution >= 4 is 28.3 Å². The molecule has 1 amide bonds. The van der Waals surface area contributed by atoms with Gasteiger partial charge in [0.15, 0.2) is 0 Å². The van der Waals surface area contributed by atoms with Crippen molar-refractivity contribution in [3.05, 3.63) is 36.3 Å². The highest BCUT2D eigenvalue weighted by Gasteiger charge is 2.35. The summed E-state index contributed by atoms with van der Waals surface area (Å²) >= 11 is 0. The first-order valence-corrected chi connectivity index (χ1v) is 10.5. The van der Waals surface area contributed by atoms with Crippen LogP contribution in [0.5, 0.6) is 0 Å². The van der Waals surface area contributed by atoms with Gasteiger partial charge in [-0.15, -0.1) is 0 Å². The normalized spacial score (nSPS) is 26.2.